The number of hydrogen-bond acceptors (Lipinski definition) is 4. The monoisotopic (exact) mass is 513 g/mol. The van der Waals surface area contributed by atoms with Crippen LogP contribution in [0.2, 0.25) is 5.02 Å². The summed E-state index contributed by atoms with van der Waals surface area (Å²) in [6, 6.07) is 21.7. The van der Waals surface area contributed by atoms with E-state index in [2.05, 4.69) is 48.5 Å². The Bertz CT molecular complexity index is 1560. The fraction of sp³-hybridized carbons (Fsp3) is 0.200. The average Bonchev–Trinajstić information content (AvgIpc) is 3.54. The van der Waals surface area contributed by atoms with Crippen molar-refractivity contribution in [1.29, 1.82) is 0 Å². The Morgan fingerprint density at radius 3 is 2.76 bits per heavy atom. The molecular formula is C30H28ClN3O3. The predicted octanol–water partition coefficient (Wildman–Crippen LogP) is 7.59. The largest absolute Gasteiger partial charge is 0.485 e. The second kappa shape index (κ2) is 10.5. The Hall–Kier alpha value is -4.03. The molecule has 6 nitrogen and oxygen atoms in total. The van der Waals surface area contributed by atoms with Gasteiger partial charge in [0.25, 0.3) is 5.91 Å². The minimum atomic E-state index is -0.346. The lowest BCUT2D eigenvalue weighted by atomic mass is 10.0. The highest BCUT2D eigenvalue weighted by atomic mass is 35.5. The number of fused-ring (bicyclic) bond motifs is 1. The molecule has 0 bridgehead atoms. The third-order valence-corrected chi connectivity index (χ3v) is 6.68. The number of aryl methyl sites for hydroxylation is 1. The minimum Gasteiger partial charge on any atom is -0.485 e. The van der Waals surface area contributed by atoms with Gasteiger partial charge >= 0.3 is 0 Å². The van der Waals surface area contributed by atoms with Gasteiger partial charge in [0.05, 0.1) is 18.4 Å². The van der Waals surface area contributed by atoms with Gasteiger partial charge in [-0.25, -0.2) is 0 Å². The normalized spacial score (nSPS) is 11.3. The molecule has 5 rings (SSSR count). The summed E-state index contributed by atoms with van der Waals surface area (Å²) in [6.07, 6.45) is 3.44. The van der Waals surface area contributed by atoms with E-state index in [1.807, 2.05) is 43.5 Å². The molecule has 188 valence electrons. The Morgan fingerprint density at radius 2 is 1.92 bits per heavy atom. The number of benzene rings is 3. The minimum absolute atomic E-state index is 0.205. The molecule has 1 N–H and O–H groups in total. The highest BCUT2D eigenvalue weighted by molar-refractivity contribution is 6.31. The van der Waals surface area contributed by atoms with E-state index >= 15 is 0 Å². The Kier molecular flexibility index (Phi) is 7.01. The molecule has 2 heterocycles. The van der Waals surface area contributed by atoms with Gasteiger partial charge in [-0.3, -0.25) is 9.48 Å². The molecule has 2 aromatic heterocycles. The van der Waals surface area contributed by atoms with Crippen molar-refractivity contribution in [2.45, 2.75) is 39.8 Å². The molecule has 5 aromatic rings. The van der Waals surface area contributed by atoms with Crippen molar-refractivity contribution >= 4 is 34.0 Å². The second-order valence-corrected chi connectivity index (χ2v) is 9.77. The number of hydrogen-bond donors (Lipinski definition) is 1. The van der Waals surface area contributed by atoms with E-state index in [4.69, 9.17) is 20.8 Å². The zero-order valence-electron chi connectivity index (χ0n) is 21.0. The molecule has 3 aromatic carbocycles. The van der Waals surface area contributed by atoms with E-state index < -0.39 is 0 Å². The molecule has 0 aliphatic rings. The summed E-state index contributed by atoms with van der Waals surface area (Å²) in [7, 11) is 0. The van der Waals surface area contributed by atoms with Crippen LogP contribution in [0.15, 0.2) is 83.5 Å². The molecule has 1 amide bonds. The standard InChI is InChI=1S/C30H28ClN3O3/c1-19(2)26-14-27(31)20(3)13-29(26)36-18-24-11-12-28(37-24)30(35)33-23-15-32-34(17-23)16-22-9-6-8-21-7-4-5-10-25(21)22/h4-15,17,19H,16,18H2,1-3H3,(H,33,35). The zero-order chi connectivity index (χ0) is 25.9. The number of nitrogens with one attached hydrogen (secondary N) is 1. The van der Waals surface area contributed by atoms with Crippen LogP contribution in [0.3, 0.4) is 0 Å². The first-order chi connectivity index (χ1) is 17.9. The first-order valence-electron chi connectivity index (χ1n) is 12.2. The Balaban J connectivity index is 1.22. The maximum atomic E-state index is 12.8. The summed E-state index contributed by atoms with van der Waals surface area (Å²) in [6.45, 7) is 6.93. The highest BCUT2D eigenvalue weighted by Gasteiger charge is 2.15. The second-order valence-electron chi connectivity index (χ2n) is 9.37. The number of furan rings is 1. The molecule has 0 spiro atoms. The van der Waals surface area contributed by atoms with Crippen molar-refractivity contribution < 1.29 is 13.9 Å². The zero-order valence-corrected chi connectivity index (χ0v) is 21.8. The molecule has 0 atom stereocenters. The van der Waals surface area contributed by atoms with Gasteiger partial charge in [-0.05, 0) is 64.6 Å². The van der Waals surface area contributed by atoms with Gasteiger partial charge < -0.3 is 14.5 Å². The number of carbonyl (C=O) groups is 1. The fourth-order valence-corrected chi connectivity index (χ4v) is 4.46. The summed E-state index contributed by atoms with van der Waals surface area (Å²) in [4.78, 5) is 12.8. The summed E-state index contributed by atoms with van der Waals surface area (Å²) >= 11 is 6.29. The van der Waals surface area contributed by atoms with E-state index in [1.165, 1.54) is 10.8 Å². The van der Waals surface area contributed by atoms with Gasteiger partial charge in [-0.15, -0.1) is 0 Å². The van der Waals surface area contributed by atoms with Crippen molar-refractivity contribution in [3.05, 3.63) is 112 Å². The van der Waals surface area contributed by atoms with Gasteiger partial charge in [0, 0.05) is 11.2 Å². The number of halogens is 1. The lowest BCUT2D eigenvalue weighted by Crippen LogP contribution is -2.10. The average molecular weight is 514 g/mol. The number of nitrogens with zero attached hydrogens (tertiary/aromatic N) is 2. The maximum absolute atomic E-state index is 12.8. The van der Waals surface area contributed by atoms with Gasteiger partial charge in [-0.2, -0.15) is 5.10 Å². The van der Waals surface area contributed by atoms with Crippen LogP contribution in [0.1, 0.15) is 52.8 Å². The van der Waals surface area contributed by atoms with Crippen molar-refractivity contribution in [3.8, 4) is 5.75 Å². The molecule has 7 heteroatoms. The van der Waals surface area contributed by atoms with E-state index in [0.29, 0.717) is 23.0 Å². The molecule has 0 unspecified atom stereocenters. The van der Waals surface area contributed by atoms with Gasteiger partial charge in [-0.1, -0.05) is 67.9 Å². The predicted molar refractivity (Wildman–Crippen MR) is 147 cm³/mol. The SMILES string of the molecule is Cc1cc(OCc2ccc(C(=O)Nc3cnn(Cc4cccc5ccccc45)c3)o2)c(C(C)C)cc1Cl. The molecule has 0 saturated heterocycles. The van der Waals surface area contributed by atoms with Crippen LogP contribution in [0.4, 0.5) is 5.69 Å². The number of aromatic nitrogens is 2. The Morgan fingerprint density at radius 1 is 1.11 bits per heavy atom. The number of anilines is 1. The van der Waals surface area contributed by atoms with Crippen molar-refractivity contribution in [2.24, 2.45) is 0 Å². The van der Waals surface area contributed by atoms with Crippen LogP contribution in [-0.2, 0) is 13.2 Å². The molecule has 0 radical (unpaired) electrons. The third-order valence-electron chi connectivity index (χ3n) is 6.27. The van der Waals surface area contributed by atoms with Crippen LogP contribution in [0.5, 0.6) is 5.75 Å². The Labute approximate surface area is 220 Å². The fourth-order valence-electron chi connectivity index (χ4n) is 4.29. The third kappa shape index (κ3) is 5.54. The summed E-state index contributed by atoms with van der Waals surface area (Å²) < 4.78 is 13.6. The lowest BCUT2D eigenvalue weighted by Gasteiger charge is -2.15. The van der Waals surface area contributed by atoms with Crippen LogP contribution in [0.25, 0.3) is 10.8 Å². The van der Waals surface area contributed by atoms with E-state index in [0.717, 1.165) is 22.4 Å². The van der Waals surface area contributed by atoms with Gasteiger partial charge in [0.2, 0.25) is 0 Å². The van der Waals surface area contributed by atoms with E-state index in [-0.39, 0.29) is 24.2 Å². The van der Waals surface area contributed by atoms with Crippen molar-refractivity contribution in [2.75, 3.05) is 5.32 Å². The van der Waals surface area contributed by atoms with Gasteiger partial charge in [0.1, 0.15) is 18.1 Å². The summed E-state index contributed by atoms with van der Waals surface area (Å²) in [5, 5.41) is 10.4. The van der Waals surface area contributed by atoms with Crippen molar-refractivity contribution in [1.82, 2.24) is 9.78 Å². The van der Waals surface area contributed by atoms with Crippen LogP contribution in [-0.4, -0.2) is 15.7 Å². The van der Waals surface area contributed by atoms with Crippen molar-refractivity contribution in [3.63, 3.8) is 0 Å². The molecule has 37 heavy (non-hydrogen) atoms. The van der Waals surface area contributed by atoms with E-state index in [9.17, 15) is 4.79 Å². The smallest absolute Gasteiger partial charge is 0.291 e. The van der Waals surface area contributed by atoms with Crippen LogP contribution >= 0.6 is 11.6 Å². The highest BCUT2D eigenvalue weighted by Crippen LogP contribution is 2.32. The molecule has 0 aliphatic carbocycles. The number of ether oxygens (including phenoxy) is 1. The molecule has 0 saturated carbocycles. The van der Waals surface area contributed by atoms with Crippen LogP contribution in [0, 0.1) is 6.92 Å². The first-order valence-corrected chi connectivity index (χ1v) is 12.6. The summed E-state index contributed by atoms with van der Waals surface area (Å²) in [5.41, 5.74) is 3.73. The van der Waals surface area contributed by atoms with Gasteiger partial charge in [0.15, 0.2) is 5.76 Å². The summed E-state index contributed by atoms with van der Waals surface area (Å²) in [5.74, 6) is 1.43. The number of rotatable bonds is 8. The van der Waals surface area contributed by atoms with Crippen LogP contribution < -0.4 is 10.1 Å². The topological polar surface area (TPSA) is 69.3 Å². The molecular weight excluding hydrogens is 486 g/mol. The van der Waals surface area contributed by atoms with E-state index in [1.54, 1.807) is 23.0 Å². The molecule has 0 aliphatic heterocycles. The maximum Gasteiger partial charge on any atom is 0.291 e. The lowest BCUT2D eigenvalue weighted by molar-refractivity contribution is 0.0992. The first kappa shape index (κ1) is 24.7. The number of carbonyl (C=O) groups excluding carboxylic acids is 1. The molecule has 0 fully saturated rings. The quantitative estimate of drug-likeness (QED) is 0.232. The number of amides is 1.